The summed E-state index contributed by atoms with van der Waals surface area (Å²) in [5.74, 6) is 0.0687. The lowest BCUT2D eigenvalue weighted by Crippen LogP contribution is -2.46. The van der Waals surface area contributed by atoms with Crippen molar-refractivity contribution in [1.29, 1.82) is 0 Å². The quantitative estimate of drug-likeness (QED) is 0.692. The Kier molecular flexibility index (Phi) is 3.91. The topological polar surface area (TPSA) is 67.2 Å². The van der Waals surface area contributed by atoms with Gasteiger partial charge >= 0.3 is 0 Å². The van der Waals surface area contributed by atoms with Crippen LogP contribution < -0.4 is 5.32 Å². The van der Waals surface area contributed by atoms with E-state index in [2.05, 4.69) is 10.3 Å². The molecule has 32 heavy (non-hydrogen) atoms. The molecule has 162 valence electrons. The van der Waals surface area contributed by atoms with E-state index in [1.165, 1.54) is 6.07 Å². The highest BCUT2D eigenvalue weighted by atomic mass is 19.1. The highest BCUT2D eigenvalue weighted by molar-refractivity contribution is 6.08. The molecule has 1 N–H and O–H groups in total. The first-order valence-electron chi connectivity index (χ1n) is 10.9. The van der Waals surface area contributed by atoms with Crippen molar-refractivity contribution in [2.75, 3.05) is 11.9 Å². The summed E-state index contributed by atoms with van der Waals surface area (Å²) in [4.78, 5) is 33.9. The zero-order valence-corrected chi connectivity index (χ0v) is 17.7. The number of aryl methyl sites for hydroxylation is 1. The molecule has 2 aromatic carbocycles. The van der Waals surface area contributed by atoms with E-state index in [1.54, 1.807) is 29.3 Å². The van der Waals surface area contributed by atoms with Gasteiger partial charge in [0.1, 0.15) is 23.1 Å². The van der Waals surface area contributed by atoms with Crippen LogP contribution >= 0.6 is 0 Å². The molecule has 1 spiro atoms. The summed E-state index contributed by atoms with van der Waals surface area (Å²) in [7, 11) is 1.87. The normalized spacial score (nSPS) is 25.1. The number of likely N-dealkylation sites (tertiary alicyclic amines) is 1. The van der Waals surface area contributed by atoms with E-state index in [4.69, 9.17) is 0 Å². The summed E-state index contributed by atoms with van der Waals surface area (Å²) < 4.78 is 16.6. The lowest BCUT2D eigenvalue weighted by Gasteiger charge is -2.35. The summed E-state index contributed by atoms with van der Waals surface area (Å²) in [5, 5.41) is 3.02. The molecular formula is C25H23FN4O2. The van der Waals surface area contributed by atoms with Crippen LogP contribution in [0.5, 0.6) is 0 Å². The summed E-state index contributed by atoms with van der Waals surface area (Å²) >= 11 is 0. The van der Waals surface area contributed by atoms with Gasteiger partial charge in [-0.05, 0) is 37.0 Å². The second-order valence-electron chi connectivity index (χ2n) is 9.08. The molecule has 0 unspecified atom stereocenters. The maximum Gasteiger partial charge on any atom is 0.237 e. The fraction of sp³-hybridized carbons (Fsp3) is 0.320. The van der Waals surface area contributed by atoms with Crippen molar-refractivity contribution in [2.45, 2.75) is 36.1 Å². The van der Waals surface area contributed by atoms with Crippen molar-refractivity contribution < 1.29 is 14.0 Å². The molecular weight excluding hydrogens is 407 g/mol. The van der Waals surface area contributed by atoms with Crippen LogP contribution in [0.15, 0.2) is 60.9 Å². The minimum atomic E-state index is -0.920. The number of hydrogen-bond acceptors (Lipinski definition) is 3. The Balaban J connectivity index is 1.50. The van der Waals surface area contributed by atoms with E-state index in [9.17, 15) is 14.0 Å². The van der Waals surface area contributed by atoms with Crippen molar-refractivity contribution in [1.82, 2.24) is 14.5 Å². The number of carbonyl (C=O) groups is 2. The van der Waals surface area contributed by atoms with Gasteiger partial charge in [-0.1, -0.05) is 36.4 Å². The molecule has 0 radical (unpaired) electrons. The third-order valence-electron chi connectivity index (χ3n) is 7.50. The smallest absolute Gasteiger partial charge is 0.237 e. The van der Waals surface area contributed by atoms with Gasteiger partial charge in [0.15, 0.2) is 0 Å². The predicted molar refractivity (Wildman–Crippen MR) is 116 cm³/mol. The van der Waals surface area contributed by atoms with E-state index in [1.807, 2.05) is 42.1 Å². The van der Waals surface area contributed by atoms with Gasteiger partial charge in [0.05, 0.1) is 5.41 Å². The average Bonchev–Trinajstić information content (AvgIpc) is 3.21. The Morgan fingerprint density at radius 1 is 1.09 bits per heavy atom. The predicted octanol–water partition coefficient (Wildman–Crippen LogP) is 3.45. The Bertz CT molecular complexity index is 1260. The molecule has 1 saturated carbocycles. The fourth-order valence-corrected chi connectivity index (χ4v) is 5.75. The van der Waals surface area contributed by atoms with Crippen LogP contribution in [0.3, 0.4) is 0 Å². The van der Waals surface area contributed by atoms with Gasteiger partial charge in [-0.25, -0.2) is 9.37 Å². The molecule has 1 aromatic heterocycles. The van der Waals surface area contributed by atoms with Crippen LogP contribution in [0.2, 0.25) is 0 Å². The van der Waals surface area contributed by atoms with Crippen molar-refractivity contribution in [3.05, 3.63) is 83.7 Å². The first kappa shape index (κ1) is 19.2. The Morgan fingerprint density at radius 2 is 1.81 bits per heavy atom. The van der Waals surface area contributed by atoms with Gasteiger partial charge in [-0.3, -0.25) is 9.59 Å². The number of rotatable bonds is 3. The first-order valence-corrected chi connectivity index (χ1v) is 10.9. The van der Waals surface area contributed by atoms with Gasteiger partial charge in [-0.2, -0.15) is 0 Å². The van der Waals surface area contributed by atoms with Crippen LogP contribution in [0.4, 0.5) is 10.1 Å². The number of para-hydroxylation sites is 1. The number of nitrogens with zero attached hydrogens (tertiary/aromatic N) is 3. The monoisotopic (exact) mass is 430 g/mol. The third-order valence-corrected chi connectivity index (χ3v) is 7.50. The van der Waals surface area contributed by atoms with Gasteiger partial charge in [0, 0.05) is 37.2 Å². The number of anilines is 1. The standard InChI is InChI=1S/C25H23FN4O2/c1-29-15-13-27-21(29)20-25(17-7-3-5-9-19(17)28-22(25)31)12-14-30(20)23(32)24(10-11-24)16-6-2-4-8-18(16)26/h2-9,13,15,20H,10-12,14H2,1H3,(H,28,31)/t20-,25+/m0/s1. The molecule has 3 aliphatic rings. The molecule has 0 bridgehead atoms. The number of halogens is 1. The molecule has 2 fully saturated rings. The van der Waals surface area contributed by atoms with E-state index in [0.29, 0.717) is 37.2 Å². The van der Waals surface area contributed by atoms with Gasteiger partial charge < -0.3 is 14.8 Å². The third kappa shape index (κ3) is 2.36. The van der Waals surface area contributed by atoms with Crippen molar-refractivity contribution >= 4 is 17.5 Å². The van der Waals surface area contributed by atoms with E-state index >= 15 is 0 Å². The minimum absolute atomic E-state index is 0.113. The van der Waals surface area contributed by atoms with E-state index in [0.717, 1.165) is 11.3 Å². The Hall–Kier alpha value is -3.48. The molecule has 2 amide bonds. The number of carbonyl (C=O) groups excluding carboxylic acids is 2. The lowest BCUT2D eigenvalue weighted by atomic mass is 9.74. The van der Waals surface area contributed by atoms with Gasteiger partial charge in [0.25, 0.3) is 0 Å². The van der Waals surface area contributed by atoms with Gasteiger partial charge in [-0.15, -0.1) is 0 Å². The molecule has 2 aliphatic heterocycles. The SMILES string of the molecule is Cn1ccnc1[C@@H]1N(C(=O)C2(c3ccccc3F)CC2)CC[C@]12C(=O)Nc1ccccc12. The number of benzene rings is 2. The molecule has 1 aliphatic carbocycles. The van der Waals surface area contributed by atoms with Crippen LogP contribution in [0, 0.1) is 5.82 Å². The second-order valence-corrected chi connectivity index (χ2v) is 9.08. The molecule has 6 rings (SSSR count). The maximum atomic E-state index is 14.7. The minimum Gasteiger partial charge on any atom is -0.336 e. The molecule has 2 atom stereocenters. The number of hydrogen-bond donors (Lipinski definition) is 1. The zero-order chi connectivity index (χ0) is 22.1. The lowest BCUT2D eigenvalue weighted by molar-refractivity contribution is -0.136. The summed E-state index contributed by atoms with van der Waals surface area (Å²) in [6.45, 7) is 0.411. The molecule has 3 aromatic rings. The van der Waals surface area contributed by atoms with Crippen LogP contribution in [0.25, 0.3) is 0 Å². The number of amides is 2. The van der Waals surface area contributed by atoms with Crippen molar-refractivity contribution in [2.24, 2.45) is 7.05 Å². The average molecular weight is 430 g/mol. The maximum absolute atomic E-state index is 14.7. The van der Waals surface area contributed by atoms with Crippen molar-refractivity contribution in [3.63, 3.8) is 0 Å². The first-order chi connectivity index (χ1) is 15.5. The largest absolute Gasteiger partial charge is 0.336 e. The Morgan fingerprint density at radius 3 is 2.50 bits per heavy atom. The van der Waals surface area contributed by atoms with Crippen LogP contribution in [0.1, 0.15) is 42.3 Å². The highest BCUT2D eigenvalue weighted by Crippen LogP contribution is 2.58. The molecule has 7 heteroatoms. The molecule has 3 heterocycles. The van der Waals surface area contributed by atoms with E-state index in [-0.39, 0.29) is 17.6 Å². The van der Waals surface area contributed by atoms with Crippen LogP contribution in [-0.4, -0.2) is 32.8 Å². The van der Waals surface area contributed by atoms with Crippen LogP contribution in [-0.2, 0) is 27.5 Å². The number of aromatic nitrogens is 2. The number of imidazole rings is 1. The second kappa shape index (κ2) is 6.51. The molecule has 6 nitrogen and oxygen atoms in total. The molecule has 1 saturated heterocycles. The summed E-state index contributed by atoms with van der Waals surface area (Å²) in [5.41, 5.74) is 0.331. The summed E-state index contributed by atoms with van der Waals surface area (Å²) in [6.07, 6.45) is 5.21. The Labute approximate surface area is 185 Å². The van der Waals surface area contributed by atoms with E-state index < -0.39 is 16.9 Å². The summed E-state index contributed by atoms with van der Waals surface area (Å²) in [6, 6.07) is 13.6. The number of nitrogens with one attached hydrogen (secondary N) is 1. The van der Waals surface area contributed by atoms with Crippen molar-refractivity contribution in [3.8, 4) is 0 Å². The zero-order valence-electron chi connectivity index (χ0n) is 17.7. The number of fused-ring (bicyclic) bond motifs is 2. The fourth-order valence-electron chi connectivity index (χ4n) is 5.75. The van der Waals surface area contributed by atoms with Gasteiger partial charge in [0.2, 0.25) is 11.8 Å². The highest BCUT2D eigenvalue weighted by Gasteiger charge is 2.64.